The van der Waals surface area contributed by atoms with Crippen LogP contribution in [0.15, 0.2) is 48.5 Å². The molecular weight excluding hydrogens is 541 g/mol. The molecule has 0 bridgehead atoms. The second-order valence-corrected chi connectivity index (χ2v) is 10.7. The molecule has 2 saturated heterocycles. The van der Waals surface area contributed by atoms with E-state index in [0.29, 0.717) is 42.2 Å². The van der Waals surface area contributed by atoms with Crippen molar-refractivity contribution >= 4 is 17.0 Å². The molecule has 2 aromatic heterocycles. The lowest BCUT2D eigenvalue weighted by atomic mass is 9.93. The molecule has 11 heteroatoms. The normalized spacial score (nSPS) is 17.6. The van der Waals surface area contributed by atoms with Crippen LogP contribution < -0.4 is 4.74 Å². The van der Waals surface area contributed by atoms with Gasteiger partial charge in [-0.05, 0) is 62.7 Å². The van der Waals surface area contributed by atoms with Crippen molar-refractivity contribution in [1.29, 1.82) is 5.26 Å². The maximum Gasteiger partial charge on any atom is 0.339 e. The van der Waals surface area contributed by atoms with Crippen molar-refractivity contribution in [2.75, 3.05) is 19.7 Å². The highest BCUT2D eigenvalue weighted by Gasteiger charge is 2.28. The first-order chi connectivity index (χ1) is 20.4. The number of piperidine rings is 1. The Labute approximate surface area is 241 Å². The third kappa shape index (κ3) is 5.64. The quantitative estimate of drug-likeness (QED) is 0.296. The second kappa shape index (κ2) is 11.8. The fourth-order valence-corrected chi connectivity index (χ4v) is 5.59. The lowest BCUT2D eigenvalue weighted by Crippen LogP contribution is -2.35. The van der Waals surface area contributed by atoms with Crippen molar-refractivity contribution < 1.29 is 28.9 Å². The Morgan fingerprint density at radius 3 is 2.64 bits per heavy atom. The van der Waals surface area contributed by atoms with Crippen LogP contribution in [0.2, 0.25) is 0 Å². The number of halogens is 1. The van der Waals surface area contributed by atoms with Crippen LogP contribution in [0.5, 0.6) is 11.6 Å². The number of ether oxygens (including phenoxy) is 2. The lowest BCUT2D eigenvalue weighted by Gasteiger charge is -2.32. The number of aromatic nitrogens is 3. The van der Waals surface area contributed by atoms with Crippen LogP contribution in [-0.2, 0) is 24.4 Å². The number of benzene rings is 2. The van der Waals surface area contributed by atoms with E-state index in [9.17, 15) is 19.4 Å². The van der Waals surface area contributed by atoms with E-state index in [-0.39, 0.29) is 35.5 Å². The molecule has 6 rings (SSSR count). The standard InChI is InChI=1S/C31H30FN5O5/c32-24-14-19(15-33)4-5-21(24)18-42-28-3-1-2-25(35-28)20-8-11-36(12-9-20)17-27-34-26-7-6-23(31(39)40)30(38)29(26)37(27)16-22-10-13-41-22/h1-7,14,20,22,38H,8-13,16-18H2,(H,39,40)/t22-/m0/s1. The molecule has 2 aliphatic rings. The molecule has 4 heterocycles. The first-order valence-electron chi connectivity index (χ1n) is 14.0. The number of hydrogen-bond acceptors (Lipinski definition) is 8. The Bertz CT molecular complexity index is 1670. The highest BCUT2D eigenvalue weighted by Crippen LogP contribution is 2.33. The van der Waals surface area contributed by atoms with Crippen LogP contribution in [-0.4, -0.2) is 61.4 Å². The third-order valence-corrected chi connectivity index (χ3v) is 8.04. The molecule has 0 unspecified atom stereocenters. The number of hydrogen-bond donors (Lipinski definition) is 2. The molecular formula is C31H30FN5O5. The van der Waals surface area contributed by atoms with Gasteiger partial charge in [0.05, 0.1) is 36.3 Å². The summed E-state index contributed by atoms with van der Waals surface area (Å²) in [5.41, 5.74) is 2.38. The average molecular weight is 572 g/mol. The van der Waals surface area contributed by atoms with Crippen LogP contribution >= 0.6 is 0 Å². The number of carbonyl (C=O) groups is 1. The molecule has 2 aliphatic heterocycles. The van der Waals surface area contributed by atoms with Gasteiger partial charge in [0.1, 0.15) is 29.3 Å². The van der Waals surface area contributed by atoms with Gasteiger partial charge in [0.25, 0.3) is 0 Å². The topological polar surface area (TPSA) is 134 Å². The number of rotatable bonds is 9. The van der Waals surface area contributed by atoms with E-state index in [4.69, 9.17) is 19.7 Å². The molecule has 4 aromatic rings. The molecule has 0 aliphatic carbocycles. The zero-order valence-corrected chi connectivity index (χ0v) is 22.9. The number of phenols is 1. The highest BCUT2D eigenvalue weighted by molar-refractivity contribution is 5.98. The molecule has 0 saturated carbocycles. The van der Waals surface area contributed by atoms with Gasteiger partial charge in [-0.15, -0.1) is 0 Å². The van der Waals surface area contributed by atoms with Gasteiger partial charge in [-0.1, -0.05) is 12.1 Å². The summed E-state index contributed by atoms with van der Waals surface area (Å²) in [5.74, 6) is -0.516. The summed E-state index contributed by atoms with van der Waals surface area (Å²) in [5, 5.41) is 29.2. The van der Waals surface area contributed by atoms with Crippen molar-refractivity contribution in [3.05, 3.63) is 82.6 Å². The number of nitrogens with zero attached hydrogens (tertiary/aromatic N) is 5. The van der Waals surface area contributed by atoms with E-state index in [0.717, 1.165) is 43.9 Å². The number of carboxylic acids is 1. The van der Waals surface area contributed by atoms with Crippen molar-refractivity contribution in [3.8, 4) is 17.7 Å². The molecule has 0 radical (unpaired) electrons. The number of nitriles is 1. The highest BCUT2D eigenvalue weighted by atomic mass is 19.1. The first kappa shape index (κ1) is 27.6. The van der Waals surface area contributed by atoms with Gasteiger partial charge < -0.3 is 24.3 Å². The van der Waals surface area contributed by atoms with Crippen molar-refractivity contribution in [2.45, 2.75) is 51.0 Å². The van der Waals surface area contributed by atoms with Crippen LogP contribution in [0, 0.1) is 17.1 Å². The number of likely N-dealkylation sites (tertiary alicyclic amines) is 1. The molecule has 2 fully saturated rings. The Morgan fingerprint density at radius 2 is 1.95 bits per heavy atom. The summed E-state index contributed by atoms with van der Waals surface area (Å²) < 4.78 is 27.6. The summed E-state index contributed by atoms with van der Waals surface area (Å²) in [4.78, 5) is 23.4. The minimum atomic E-state index is -1.19. The smallest absolute Gasteiger partial charge is 0.339 e. The molecule has 0 amide bonds. The van der Waals surface area contributed by atoms with Gasteiger partial charge in [-0.2, -0.15) is 5.26 Å². The number of imidazole rings is 1. The van der Waals surface area contributed by atoms with Crippen molar-refractivity contribution in [2.24, 2.45) is 0 Å². The van der Waals surface area contributed by atoms with E-state index in [1.807, 2.05) is 22.8 Å². The van der Waals surface area contributed by atoms with E-state index in [1.165, 1.54) is 12.1 Å². The Balaban J connectivity index is 1.12. The number of aromatic hydroxyl groups is 1. The third-order valence-electron chi connectivity index (χ3n) is 8.04. The van der Waals surface area contributed by atoms with E-state index in [2.05, 4.69) is 9.88 Å². The first-order valence-corrected chi connectivity index (χ1v) is 14.0. The molecule has 216 valence electrons. The Kier molecular flexibility index (Phi) is 7.73. The summed E-state index contributed by atoms with van der Waals surface area (Å²) in [6.45, 7) is 3.39. The summed E-state index contributed by atoms with van der Waals surface area (Å²) in [6, 6.07) is 14.9. The van der Waals surface area contributed by atoms with Crippen LogP contribution in [0.4, 0.5) is 4.39 Å². The summed E-state index contributed by atoms with van der Waals surface area (Å²) >= 11 is 0. The molecule has 2 N–H and O–H groups in total. The van der Waals surface area contributed by atoms with E-state index in [1.54, 1.807) is 24.3 Å². The van der Waals surface area contributed by atoms with Gasteiger partial charge >= 0.3 is 5.97 Å². The minimum absolute atomic E-state index is 0.00810. The predicted octanol–water partition coefficient (Wildman–Crippen LogP) is 4.59. The van der Waals surface area contributed by atoms with E-state index < -0.39 is 11.8 Å². The van der Waals surface area contributed by atoms with Gasteiger partial charge in [-0.25, -0.2) is 19.2 Å². The molecule has 10 nitrogen and oxygen atoms in total. The fraction of sp³-hybridized carbons (Fsp3) is 0.355. The van der Waals surface area contributed by atoms with E-state index >= 15 is 0 Å². The zero-order valence-electron chi connectivity index (χ0n) is 22.9. The average Bonchev–Trinajstić information content (AvgIpc) is 3.32. The molecule has 0 spiro atoms. The van der Waals surface area contributed by atoms with Gasteiger partial charge in [0.2, 0.25) is 5.88 Å². The molecule has 2 aromatic carbocycles. The lowest BCUT2D eigenvalue weighted by molar-refractivity contribution is -0.0592. The van der Waals surface area contributed by atoms with Crippen molar-refractivity contribution in [1.82, 2.24) is 19.4 Å². The SMILES string of the molecule is N#Cc1ccc(COc2cccc(C3CCN(Cc4nc5ccc(C(=O)O)c(O)c5n4C[C@@H]4CCO4)CC3)n2)c(F)c1. The predicted molar refractivity (Wildman–Crippen MR) is 150 cm³/mol. The number of fused-ring (bicyclic) bond motifs is 1. The van der Waals surface area contributed by atoms with Crippen LogP contribution in [0.3, 0.4) is 0 Å². The largest absolute Gasteiger partial charge is 0.505 e. The van der Waals surface area contributed by atoms with Crippen molar-refractivity contribution in [3.63, 3.8) is 0 Å². The number of aromatic carboxylic acids is 1. The van der Waals surface area contributed by atoms with Crippen LogP contribution in [0.1, 0.15) is 58.2 Å². The zero-order chi connectivity index (χ0) is 29.2. The summed E-state index contributed by atoms with van der Waals surface area (Å²) in [7, 11) is 0. The van der Waals surface area contributed by atoms with Gasteiger partial charge in [0.15, 0.2) is 5.75 Å². The second-order valence-electron chi connectivity index (χ2n) is 10.7. The Hall–Kier alpha value is -4.53. The molecule has 42 heavy (non-hydrogen) atoms. The monoisotopic (exact) mass is 571 g/mol. The maximum atomic E-state index is 14.2. The number of carboxylic acid groups (broad SMARTS) is 1. The fourth-order valence-electron chi connectivity index (χ4n) is 5.59. The van der Waals surface area contributed by atoms with Gasteiger partial charge in [-0.3, -0.25) is 4.90 Å². The maximum absolute atomic E-state index is 14.2. The number of pyridine rings is 1. The summed E-state index contributed by atoms with van der Waals surface area (Å²) in [6.07, 6.45) is 2.67. The molecule has 1 atom stereocenters. The Morgan fingerprint density at radius 1 is 1.14 bits per heavy atom. The van der Waals surface area contributed by atoms with Crippen LogP contribution in [0.25, 0.3) is 11.0 Å². The minimum Gasteiger partial charge on any atom is -0.505 e. The van der Waals surface area contributed by atoms with Gasteiger partial charge in [0, 0.05) is 29.8 Å².